The van der Waals surface area contributed by atoms with Crippen LogP contribution in [0.2, 0.25) is 0 Å². The minimum absolute atomic E-state index is 0.00451. The first-order chi connectivity index (χ1) is 12.6. The predicted molar refractivity (Wildman–Crippen MR) is 104 cm³/mol. The topological polar surface area (TPSA) is 72.1 Å². The Hall–Kier alpha value is -3.17. The zero-order chi connectivity index (χ0) is 18.9. The number of hydrogen-bond donors (Lipinski definition) is 0. The van der Waals surface area contributed by atoms with Crippen LogP contribution in [-0.4, -0.2) is 17.1 Å². The molecule has 1 heterocycles. The molecule has 0 amide bonds. The lowest BCUT2D eigenvalue weighted by atomic mass is 10.2. The molecule has 0 saturated carbocycles. The summed E-state index contributed by atoms with van der Waals surface area (Å²) in [4.78, 5) is 24.6. The number of esters is 1. The number of allylic oxidation sites excluding steroid dienone is 1. The maximum atomic E-state index is 12.5. The van der Waals surface area contributed by atoms with Crippen molar-refractivity contribution in [1.29, 1.82) is 5.26 Å². The third-order valence-corrected chi connectivity index (χ3v) is 4.57. The number of nitriles is 1. The SMILES string of the molecule is C=CCOC(=O)C(C#N)=c1sc(=CC=Cc2ccccc2)c(=O)n1CC. The zero-order valence-electron chi connectivity index (χ0n) is 14.3. The molecule has 0 aliphatic rings. The van der Waals surface area contributed by atoms with E-state index < -0.39 is 5.97 Å². The van der Waals surface area contributed by atoms with E-state index in [9.17, 15) is 14.9 Å². The predicted octanol–water partition coefficient (Wildman–Crippen LogP) is 1.83. The molecule has 0 spiro atoms. The first kappa shape index (κ1) is 19.2. The lowest BCUT2D eigenvalue weighted by Crippen LogP contribution is -2.32. The second-order valence-electron chi connectivity index (χ2n) is 5.13. The summed E-state index contributed by atoms with van der Waals surface area (Å²) in [6.07, 6.45) is 6.75. The Morgan fingerprint density at radius 3 is 2.73 bits per heavy atom. The van der Waals surface area contributed by atoms with E-state index >= 15 is 0 Å². The van der Waals surface area contributed by atoms with Crippen LogP contribution in [0, 0.1) is 11.3 Å². The van der Waals surface area contributed by atoms with Crippen molar-refractivity contribution < 1.29 is 9.53 Å². The number of nitrogens with zero attached hydrogens (tertiary/aromatic N) is 2. The molecule has 1 aromatic heterocycles. The number of benzene rings is 1. The fourth-order valence-corrected chi connectivity index (χ4v) is 3.31. The summed E-state index contributed by atoms with van der Waals surface area (Å²) in [5.74, 6) is -0.762. The van der Waals surface area contributed by atoms with Crippen molar-refractivity contribution in [3.05, 3.63) is 74.2 Å². The minimum atomic E-state index is -0.762. The molecule has 1 aromatic carbocycles. The normalized spacial score (nSPS) is 12.7. The smallest absolute Gasteiger partial charge is 0.352 e. The lowest BCUT2D eigenvalue weighted by Gasteiger charge is -2.00. The second kappa shape index (κ2) is 9.35. The molecule has 0 N–H and O–H groups in total. The van der Waals surface area contributed by atoms with Crippen molar-refractivity contribution in [2.75, 3.05) is 6.61 Å². The highest BCUT2D eigenvalue weighted by atomic mass is 32.1. The summed E-state index contributed by atoms with van der Waals surface area (Å²) in [5.41, 5.74) is 0.589. The Balaban J connectivity index is 2.53. The molecule has 0 radical (unpaired) electrons. The van der Waals surface area contributed by atoms with E-state index in [4.69, 9.17) is 4.74 Å². The molecule has 6 heteroatoms. The molecule has 0 bridgehead atoms. The van der Waals surface area contributed by atoms with Crippen LogP contribution in [0.1, 0.15) is 12.5 Å². The van der Waals surface area contributed by atoms with Gasteiger partial charge in [0.2, 0.25) is 0 Å². The van der Waals surface area contributed by atoms with Gasteiger partial charge in [0.25, 0.3) is 5.56 Å². The average Bonchev–Trinajstić information content (AvgIpc) is 2.97. The number of thiazole rings is 1. The number of hydrogen-bond acceptors (Lipinski definition) is 5. The molecule has 0 aliphatic carbocycles. The highest BCUT2D eigenvalue weighted by molar-refractivity contribution is 7.07. The van der Waals surface area contributed by atoms with Gasteiger partial charge in [-0.2, -0.15) is 5.26 Å². The largest absolute Gasteiger partial charge is 0.457 e. The van der Waals surface area contributed by atoms with E-state index in [-0.39, 0.29) is 17.7 Å². The van der Waals surface area contributed by atoms with Crippen LogP contribution in [0.4, 0.5) is 0 Å². The second-order valence-corrected chi connectivity index (χ2v) is 6.16. The van der Waals surface area contributed by atoms with Gasteiger partial charge in [0.05, 0.1) is 4.53 Å². The van der Waals surface area contributed by atoms with Gasteiger partial charge >= 0.3 is 5.97 Å². The van der Waals surface area contributed by atoms with Gasteiger partial charge in [-0.25, -0.2) is 4.79 Å². The van der Waals surface area contributed by atoms with Gasteiger partial charge < -0.3 is 4.74 Å². The number of aromatic nitrogens is 1. The maximum Gasteiger partial charge on any atom is 0.352 e. The zero-order valence-corrected chi connectivity index (χ0v) is 15.2. The van der Waals surface area contributed by atoms with Crippen LogP contribution < -0.4 is 14.8 Å². The van der Waals surface area contributed by atoms with Gasteiger partial charge in [-0.3, -0.25) is 9.36 Å². The van der Waals surface area contributed by atoms with Gasteiger partial charge in [0, 0.05) is 6.54 Å². The van der Waals surface area contributed by atoms with Gasteiger partial charge in [-0.15, -0.1) is 11.3 Å². The van der Waals surface area contributed by atoms with Crippen molar-refractivity contribution in [2.24, 2.45) is 0 Å². The van der Waals surface area contributed by atoms with Crippen LogP contribution >= 0.6 is 11.3 Å². The van der Waals surface area contributed by atoms with Crippen LogP contribution in [0.5, 0.6) is 0 Å². The molecular formula is C20H18N2O3S. The fourth-order valence-electron chi connectivity index (χ4n) is 2.20. The average molecular weight is 366 g/mol. The number of rotatable bonds is 6. The van der Waals surface area contributed by atoms with Crippen LogP contribution in [0.3, 0.4) is 0 Å². The molecule has 0 saturated heterocycles. The summed E-state index contributed by atoms with van der Waals surface area (Å²) in [6, 6.07) is 11.5. The summed E-state index contributed by atoms with van der Waals surface area (Å²) in [6.45, 7) is 5.60. The lowest BCUT2D eigenvalue weighted by molar-refractivity contribution is -0.135. The monoisotopic (exact) mass is 366 g/mol. The fraction of sp³-hybridized carbons (Fsp3) is 0.150. The van der Waals surface area contributed by atoms with Crippen molar-refractivity contribution in [2.45, 2.75) is 13.5 Å². The van der Waals surface area contributed by atoms with Gasteiger partial charge in [0.1, 0.15) is 17.3 Å². The van der Waals surface area contributed by atoms with Crippen molar-refractivity contribution in [3.63, 3.8) is 0 Å². The third-order valence-electron chi connectivity index (χ3n) is 3.42. The van der Waals surface area contributed by atoms with Crippen molar-refractivity contribution >= 4 is 35.0 Å². The van der Waals surface area contributed by atoms with Crippen molar-refractivity contribution in [1.82, 2.24) is 4.57 Å². The molecule has 132 valence electrons. The van der Waals surface area contributed by atoms with Crippen LogP contribution in [0.25, 0.3) is 17.7 Å². The van der Waals surface area contributed by atoms with E-state index in [1.54, 1.807) is 19.1 Å². The molecule has 5 nitrogen and oxygen atoms in total. The molecule has 2 rings (SSSR count). The number of carbonyl (C=O) groups is 1. The standard InChI is InChI=1S/C20H18N2O3S/c1-3-13-25-20(24)16(14-21)19-22(4-2)18(23)17(26-19)12-8-11-15-9-6-5-7-10-15/h3,5-12H,1,4,13H2,2H3. The summed E-state index contributed by atoms with van der Waals surface area (Å²) in [5, 5.41) is 9.35. The number of ether oxygens (including phenoxy) is 1. The van der Waals surface area contributed by atoms with Gasteiger partial charge in [0.15, 0.2) is 5.57 Å². The quantitative estimate of drug-likeness (QED) is 0.578. The molecule has 26 heavy (non-hydrogen) atoms. The maximum absolute atomic E-state index is 12.5. The Bertz CT molecular complexity index is 1040. The molecule has 0 unspecified atom stereocenters. The number of carbonyl (C=O) groups excluding carboxylic acids is 1. The van der Waals surface area contributed by atoms with E-state index in [1.165, 1.54) is 10.6 Å². The Labute approximate surface area is 155 Å². The Morgan fingerprint density at radius 1 is 1.38 bits per heavy atom. The Kier molecular flexibility index (Phi) is 6.89. The van der Waals surface area contributed by atoms with Gasteiger partial charge in [-0.05, 0) is 18.6 Å². The molecule has 2 aromatic rings. The first-order valence-corrected chi connectivity index (χ1v) is 8.79. The van der Waals surface area contributed by atoms with Gasteiger partial charge in [-0.1, -0.05) is 55.1 Å². The van der Waals surface area contributed by atoms with Crippen molar-refractivity contribution in [3.8, 4) is 6.07 Å². The molecule has 0 atom stereocenters. The summed E-state index contributed by atoms with van der Waals surface area (Å²) in [7, 11) is 0. The molecular weight excluding hydrogens is 348 g/mol. The first-order valence-electron chi connectivity index (χ1n) is 7.97. The Morgan fingerprint density at radius 2 is 2.12 bits per heavy atom. The molecule has 0 aliphatic heterocycles. The molecule has 0 fully saturated rings. The van der Waals surface area contributed by atoms with E-state index in [1.807, 2.05) is 42.5 Å². The van der Waals surface area contributed by atoms with E-state index in [2.05, 4.69) is 6.58 Å². The minimum Gasteiger partial charge on any atom is -0.457 e. The van der Waals surface area contributed by atoms with E-state index in [0.717, 1.165) is 16.9 Å². The summed E-state index contributed by atoms with van der Waals surface area (Å²) >= 11 is 1.10. The van der Waals surface area contributed by atoms with Crippen LogP contribution in [0.15, 0.2) is 53.9 Å². The highest BCUT2D eigenvalue weighted by Crippen LogP contribution is 2.01. The van der Waals surface area contributed by atoms with E-state index in [0.29, 0.717) is 15.7 Å². The highest BCUT2D eigenvalue weighted by Gasteiger charge is 2.16. The summed E-state index contributed by atoms with van der Waals surface area (Å²) < 4.78 is 7.08. The third kappa shape index (κ3) is 4.47. The van der Waals surface area contributed by atoms with Crippen LogP contribution in [-0.2, 0) is 16.1 Å².